The highest BCUT2D eigenvalue weighted by Gasteiger charge is 2.10. The highest BCUT2D eigenvalue weighted by Crippen LogP contribution is 2.13. The summed E-state index contributed by atoms with van der Waals surface area (Å²) in [6, 6.07) is 14.5. The smallest absolute Gasteiger partial charge is 0.368 e. The maximum atomic E-state index is 12.1. The van der Waals surface area contributed by atoms with E-state index in [-0.39, 0.29) is 12.3 Å². The lowest BCUT2D eigenvalue weighted by Crippen LogP contribution is -2.22. The molecule has 0 amide bonds. The predicted octanol–water partition coefficient (Wildman–Crippen LogP) is 2.56. The molecular weight excluding hydrogens is 366 g/mol. The molecule has 3 rings (SSSR count). The summed E-state index contributed by atoms with van der Waals surface area (Å²) in [6.45, 7) is 1.91. The zero-order valence-electron chi connectivity index (χ0n) is 14.8. The van der Waals surface area contributed by atoms with Crippen LogP contribution >= 0.6 is 11.6 Å². The molecule has 3 aromatic rings. The Labute approximate surface area is 160 Å². The van der Waals surface area contributed by atoms with Crippen LogP contribution < -0.4 is 5.69 Å². The van der Waals surface area contributed by atoms with Crippen molar-refractivity contribution < 1.29 is 4.84 Å². The van der Waals surface area contributed by atoms with Crippen molar-refractivity contribution in [3.63, 3.8) is 0 Å². The van der Waals surface area contributed by atoms with Gasteiger partial charge in [0.05, 0.1) is 5.69 Å². The number of hydrogen-bond donors (Lipinski definition) is 0. The Morgan fingerprint density at radius 3 is 2.78 bits per heavy atom. The minimum Gasteiger partial charge on any atom is -0.390 e. The van der Waals surface area contributed by atoms with Crippen molar-refractivity contribution >= 4 is 17.3 Å². The Hall–Kier alpha value is -3.37. The molecule has 7 nitrogen and oxygen atoms in total. The van der Waals surface area contributed by atoms with Crippen LogP contribution in [-0.2, 0) is 18.5 Å². The first-order valence-corrected chi connectivity index (χ1v) is 8.44. The highest BCUT2D eigenvalue weighted by atomic mass is 35.5. The Bertz CT molecular complexity index is 1100. The number of rotatable bonds is 4. The Morgan fingerprint density at radius 1 is 1.22 bits per heavy atom. The number of tetrazole rings is 1. The maximum absolute atomic E-state index is 12.1. The average molecular weight is 382 g/mol. The van der Waals surface area contributed by atoms with Gasteiger partial charge in [0.15, 0.2) is 0 Å². The van der Waals surface area contributed by atoms with Crippen LogP contribution in [0.2, 0.25) is 5.02 Å². The largest absolute Gasteiger partial charge is 0.390 e. The van der Waals surface area contributed by atoms with E-state index in [1.807, 2.05) is 30.3 Å². The van der Waals surface area contributed by atoms with Crippen LogP contribution in [0.5, 0.6) is 0 Å². The standard InChI is InChI=1S/C19H16ClN5O2/c1-14(10-11-15-6-5-8-17(20)12-15)21-27-13-16-7-3-4-9-18(16)25-19(26)24(2)22-23-25/h3-9,12H,13H2,1-2H3/b21-14+. The molecular formula is C19H16ClN5O2. The molecule has 8 heteroatoms. The predicted molar refractivity (Wildman–Crippen MR) is 103 cm³/mol. The number of nitrogens with zero attached hydrogens (tertiary/aromatic N) is 5. The van der Waals surface area contributed by atoms with Gasteiger partial charge in [-0.25, -0.2) is 4.79 Å². The normalized spacial score (nSPS) is 11.0. The second-order valence-electron chi connectivity index (χ2n) is 5.64. The molecule has 1 aromatic heterocycles. The first-order chi connectivity index (χ1) is 13.0. The SMILES string of the molecule is C/C(C#Cc1cccc(Cl)c1)=N\OCc1ccccc1-n1nnn(C)c1=O. The summed E-state index contributed by atoms with van der Waals surface area (Å²) in [6.07, 6.45) is 0. The zero-order chi connectivity index (χ0) is 19.2. The molecule has 1 heterocycles. The van der Waals surface area contributed by atoms with Gasteiger partial charge in [0.25, 0.3) is 0 Å². The number of para-hydroxylation sites is 1. The van der Waals surface area contributed by atoms with Gasteiger partial charge in [-0.15, -0.1) is 0 Å². The number of aromatic nitrogens is 4. The van der Waals surface area contributed by atoms with Gasteiger partial charge < -0.3 is 4.84 Å². The van der Waals surface area contributed by atoms with Crippen molar-refractivity contribution in [3.8, 4) is 17.5 Å². The van der Waals surface area contributed by atoms with Gasteiger partial charge in [0.1, 0.15) is 12.3 Å². The number of hydrogen-bond acceptors (Lipinski definition) is 5. The van der Waals surface area contributed by atoms with E-state index in [4.69, 9.17) is 16.4 Å². The van der Waals surface area contributed by atoms with Crippen LogP contribution in [0.4, 0.5) is 0 Å². The second-order valence-corrected chi connectivity index (χ2v) is 6.07. The van der Waals surface area contributed by atoms with E-state index in [1.165, 1.54) is 11.7 Å². The molecule has 0 spiro atoms. The first-order valence-electron chi connectivity index (χ1n) is 8.06. The van der Waals surface area contributed by atoms with Crippen molar-refractivity contribution in [3.05, 3.63) is 75.2 Å². The van der Waals surface area contributed by atoms with Gasteiger partial charge in [-0.1, -0.05) is 46.9 Å². The Balaban J connectivity index is 1.72. The molecule has 0 saturated heterocycles. The van der Waals surface area contributed by atoms with Gasteiger partial charge in [0.2, 0.25) is 0 Å². The summed E-state index contributed by atoms with van der Waals surface area (Å²) < 4.78 is 2.37. The third-order valence-electron chi connectivity index (χ3n) is 3.58. The maximum Gasteiger partial charge on any atom is 0.368 e. The highest BCUT2D eigenvalue weighted by molar-refractivity contribution is 6.30. The van der Waals surface area contributed by atoms with Crippen molar-refractivity contribution in [1.82, 2.24) is 19.8 Å². The van der Waals surface area contributed by atoms with E-state index in [0.717, 1.165) is 15.8 Å². The van der Waals surface area contributed by atoms with E-state index in [0.29, 0.717) is 16.4 Å². The lowest BCUT2D eigenvalue weighted by Gasteiger charge is -2.06. The molecule has 0 fully saturated rings. The van der Waals surface area contributed by atoms with Gasteiger partial charge >= 0.3 is 5.69 Å². The lowest BCUT2D eigenvalue weighted by molar-refractivity contribution is 0.130. The van der Waals surface area contributed by atoms with Gasteiger partial charge in [-0.3, -0.25) is 0 Å². The van der Waals surface area contributed by atoms with Crippen LogP contribution in [0.3, 0.4) is 0 Å². The second kappa shape index (κ2) is 8.34. The van der Waals surface area contributed by atoms with E-state index >= 15 is 0 Å². The third kappa shape index (κ3) is 4.63. The lowest BCUT2D eigenvalue weighted by atomic mass is 10.2. The minimum absolute atomic E-state index is 0.162. The van der Waals surface area contributed by atoms with Crippen LogP contribution in [-0.4, -0.2) is 25.5 Å². The molecule has 0 saturated carbocycles. The van der Waals surface area contributed by atoms with Gasteiger partial charge in [0, 0.05) is 23.2 Å². The fourth-order valence-electron chi connectivity index (χ4n) is 2.25. The summed E-state index contributed by atoms with van der Waals surface area (Å²) in [4.78, 5) is 17.4. The van der Waals surface area contributed by atoms with Crippen molar-refractivity contribution in [1.29, 1.82) is 0 Å². The molecule has 136 valence electrons. The van der Waals surface area contributed by atoms with Crippen LogP contribution in [0, 0.1) is 11.8 Å². The monoisotopic (exact) mass is 381 g/mol. The molecule has 0 N–H and O–H groups in total. The molecule has 0 aliphatic carbocycles. The van der Waals surface area contributed by atoms with Crippen LogP contribution in [0.15, 0.2) is 58.5 Å². The summed E-state index contributed by atoms with van der Waals surface area (Å²) in [7, 11) is 1.54. The van der Waals surface area contributed by atoms with E-state index in [2.05, 4.69) is 27.4 Å². The summed E-state index contributed by atoms with van der Waals surface area (Å²) >= 11 is 5.93. The summed E-state index contributed by atoms with van der Waals surface area (Å²) in [5.41, 5.74) is 2.32. The molecule has 0 aliphatic rings. The number of oxime groups is 1. The van der Waals surface area contributed by atoms with Crippen LogP contribution in [0.25, 0.3) is 5.69 Å². The minimum atomic E-state index is -0.338. The van der Waals surface area contributed by atoms with Crippen LogP contribution in [0.1, 0.15) is 18.1 Å². The van der Waals surface area contributed by atoms with E-state index in [1.54, 1.807) is 25.1 Å². The Morgan fingerprint density at radius 2 is 2.04 bits per heavy atom. The molecule has 0 unspecified atom stereocenters. The third-order valence-corrected chi connectivity index (χ3v) is 3.81. The first kappa shape index (κ1) is 18.4. The Kier molecular flexibility index (Phi) is 5.69. The van der Waals surface area contributed by atoms with Crippen molar-refractivity contribution in [2.75, 3.05) is 0 Å². The molecule has 0 bridgehead atoms. The zero-order valence-corrected chi connectivity index (χ0v) is 15.5. The number of aryl methyl sites for hydroxylation is 1. The quantitative estimate of drug-likeness (QED) is 0.395. The number of halogens is 1. The van der Waals surface area contributed by atoms with Gasteiger partial charge in [-0.2, -0.15) is 9.36 Å². The average Bonchev–Trinajstić information content (AvgIpc) is 2.99. The summed E-state index contributed by atoms with van der Waals surface area (Å²) in [5, 5.41) is 12.2. The summed E-state index contributed by atoms with van der Waals surface area (Å²) in [5.74, 6) is 5.88. The van der Waals surface area contributed by atoms with Gasteiger partial charge in [-0.05, 0) is 47.5 Å². The van der Waals surface area contributed by atoms with E-state index < -0.39 is 0 Å². The van der Waals surface area contributed by atoms with Crippen molar-refractivity contribution in [2.45, 2.75) is 13.5 Å². The molecule has 0 aliphatic heterocycles. The molecule has 27 heavy (non-hydrogen) atoms. The topological polar surface area (TPSA) is 74.3 Å². The van der Waals surface area contributed by atoms with Crippen molar-refractivity contribution in [2.24, 2.45) is 12.2 Å². The molecule has 2 aromatic carbocycles. The van der Waals surface area contributed by atoms with E-state index in [9.17, 15) is 4.79 Å². The molecule has 0 atom stereocenters. The number of benzene rings is 2. The fourth-order valence-corrected chi connectivity index (χ4v) is 2.44. The fraction of sp³-hybridized carbons (Fsp3) is 0.158. The molecule has 0 radical (unpaired) electrons.